The number of benzene rings is 1. The molecule has 2 heterocycles. The minimum Gasteiger partial charge on any atom is -0.369 e. The molecule has 0 atom stereocenters. The van der Waals surface area contributed by atoms with Gasteiger partial charge < -0.3 is 20.9 Å². The van der Waals surface area contributed by atoms with E-state index in [1.54, 1.807) is 6.20 Å². The fourth-order valence-corrected chi connectivity index (χ4v) is 3.10. The van der Waals surface area contributed by atoms with E-state index in [4.69, 9.17) is 5.73 Å². The Kier molecular flexibility index (Phi) is 6.60. The molecule has 0 aliphatic carbocycles. The van der Waals surface area contributed by atoms with Crippen LogP contribution in [0.25, 0.3) is 0 Å². The molecule has 1 aliphatic heterocycles. The molecule has 1 saturated heterocycles. The van der Waals surface area contributed by atoms with E-state index < -0.39 is 0 Å². The predicted octanol–water partition coefficient (Wildman–Crippen LogP) is 2.86. The molecule has 3 N–H and O–H groups in total. The Morgan fingerprint density at radius 3 is 2.45 bits per heavy atom. The van der Waals surface area contributed by atoms with Gasteiger partial charge in [-0.05, 0) is 30.2 Å². The largest absolute Gasteiger partial charge is 0.369 e. The Morgan fingerprint density at radius 1 is 1.10 bits per heavy atom. The van der Waals surface area contributed by atoms with Gasteiger partial charge in [0.2, 0.25) is 5.95 Å². The van der Waals surface area contributed by atoms with E-state index in [1.165, 1.54) is 11.3 Å². The number of likely N-dealkylation sites (N-methyl/N-ethyl adjacent to an activating group) is 1. The van der Waals surface area contributed by atoms with Gasteiger partial charge in [-0.25, -0.2) is 4.98 Å². The molecule has 1 aliphatic rings. The van der Waals surface area contributed by atoms with E-state index in [0.717, 1.165) is 38.3 Å². The summed E-state index contributed by atoms with van der Waals surface area (Å²) in [5.41, 5.74) is 9.16. The Hall–Kier alpha value is -2.78. The van der Waals surface area contributed by atoms with E-state index in [-0.39, 0.29) is 11.4 Å². The summed E-state index contributed by atoms with van der Waals surface area (Å²) in [6.45, 7) is 11.7. The number of hydrogen-bond acceptors (Lipinski definition) is 6. The van der Waals surface area contributed by atoms with Crippen LogP contribution in [0.2, 0.25) is 0 Å². The van der Waals surface area contributed by atoms with Crippen LogP contribution in [0.5, 0.6) is 0 Å². The second-order valence-corrected chi connectivity index (χ2v) is 8.84. The lowest BCUT2D eigenvalue weighted by atomic mass is 9.97. The number of nitrogen functional groups attached to an aromatic ring is 1. The van der Waals surface area contributed by atoms with Gasteiger partial charge in [0.05, 0.1) is 11.8 Å². The third kappa shape index (κ3) is 6.37. The number of nitrogens with two attached hydrogens (primary N) is 1. The summed E-state index contributed by atoms with van der Waals surface area (Å²) in [4.78, 5) is 13.2. The molecule has 6 heteroatoms. The number of piperazine rings is 1. The van der Waals surface area contributed by atoms with Crippen molar-refractivity contribution in [3.63, 3.8) is 0 Å². The summed E-state index contributed by atoms with van der Waals surface area (Å²) in [5, 5.41) is 3.35. The molecule has 0 radical (unpaired) electrons. The van der Waals surface area contributed by atoms with Gasteiger partial charge in [-0.3, -0.25) is 0 Å². The molecule has 0 unspecified atom stereocenters. The van der Waals surface area contributed by atoms with Crippen LogP contribution < -0.4 is 16.0 Å². The first-order chi connectivity index (χ1) is 13.8. The molecule has 0 amide bonds. The van der Waals surface area contributed by atoms with Gasteiger partial charge in [0.1, 0.15) is 5.82 Å². The minimum atomic E-state index is 0.135. The molecule has 6 nitrogen and oxygen atoms in total. The first-order valence-corrected chi connectivity index (χ1v) is 10.2. The monoisotopic (exact) mass is 392 g/mol. The number of anilines is 3. The number of rotatable bonds is 4. The number of aromatic nitrogens is 2. The van der Waals surface area contributed by atoms with E-state index in [2.05, 4.69) is 89.0 Å². The second kappa shape index (κ2) is 9.15. The van der Waals surface area contributed by atoms with Gasteiger partial charge in [0.25, 0.3) is 0 Å². The fraction of sp³-hybridized carbons (Fsp3) is 0.478. The topological polar surface area (TPSA) is 70.3 Å². The highest BCUT2D eigenvalue weighted by Crippen LogP contribution is 2.18. The Bertz CT molecular complexity index is 865. The Balaban J connectivity index is 1.63. The SMILES string of the molecule is CN1CCN(c2ccc(CC#Cc3cnc(N)nc3NCC(C)(C)C)cc2)CC1. The zero-order valence-corrected chi connectivity index (χ0v) is 18.0. The number of nitrogens with zero attached hydrogens (tertiary/aromatic N) is 4. The average Bonchev–Trinajstić information content (AvgIpc) is 2.68. The molecule has 0 bridgehead atoms. The molecule has 3 rings (SSSR count). The molecule has 0 saturated carbocycles. The lowest BCUT2D eigenvalue weighted by Crippen LogP contribution is -2.44. The van der Waals surface area contributed by atoms with Crippen molar-refractivity contribution >= 4 is 17.5 Å². The van der Waals surface area contributed by atoms with Crippen molar-refractivity contribution in [2.45, 2.75) is 27.2 Å². The molecular weight excluding hydrogens is 360 g/mol. The van der Waals surface area contributed by atoms with Crippen molar-refractivity contribution in [2.75, 3.05) is 55.7 Å². The van der Waals surface area contributed by atoms with Crippen LogP contribution in [-0.4, -0.2) is 54.6 Å². The van der Waals surface area contributed by atoms with Crippen molar-refractivity contribution in [1.29, 1.82) is 0 Å². The first-order valence-electron chi connectivity index (χ1n) is 10.2. The zero-order chi connectivity index (χ0) is 20.9. The molecule has 29 heavy (non-hydrogen) atoms. The smallest absolute Gasteiger partial charge is 0.222 e. The van der Waals surface area contributed by atoms with Crippen LogP contribution in [0.1, 0.15) is 31.9 Å². The molecule has 1 aromatic carbocycles. The van der Waals surface area contributed by atoms with E-state index in [1.807, 2.05) is 0 Å². The molecule has 0 spiro atoms. The summed E-state index contributed by atoms with van der Waals surface area (Å²) < 4.78 is 0. The van der Waals surface area contributed by atoms with Gasteiger partial charge in [0, 0.05) is 44.8 Å². The highest BCUT2D eigenvalue weighted by atomic mass is 15.2. The molecule has 1 aromatic heterocycles. The summed E-state index contributed by atoms with van der Waals surface area (Å²) >= 11 is 0. The average molecular weight is 393 g/mol. The summed E-state index contributed by atoms with van der Waals surface area (Å²) in [6.07, 6.45) is 2.38. The van der Waals surface area contributed by atoms with Crippen LogP contribution >= 0.6 is 0 Å². The third-order valence-electron chi connectivity index (χ3n) is 4.91. The number of nitrogens with one attached hydrogen (secondary N) is 1. The number of hydrogen-bond donors (Lipinski definition) is 2. The molecule has 2 aromatic rings. The third-order valence-corrected chi connectivity index (χ3v) is 4.91. The van der Waals surface area contributed by atoms with Gasteiger partial charge in [-0.2, -0.15) is 4.98 Å². The molecular formula is C23H32N6. The van der Waals surface area contributed by atoms with Crippen molar-refractivity contribution in [3.05, 3.63) is 41.6 Å². The highest BCUT2D eigenvalue weighted by Gasteiger charge is 2.14. The Morgan fingerprint density at radius 2 is 1.79 bits per heavy atom. The summed E-state index contributed by atoms with van der Waals surface area (Å²) in [5.74, 6) is 7.40. The van der Waals surface area contributed by atoms with Crippen LogP contribution in [-0.2, 0) is 6.42 Å². The van der Waals surface area contributed by atoms with Gasteiger partial charge in [0.15, 0.2) is 0 Å². The first kappa shape index (κ1) is 20.9. The normalized spacial score (nSPS) is 15.0. The van der Waals surface area contributed by atoms with Crippen LogP contribution in [0.4, 0.5) is 17.5 Å². The van der Waals surface area contributed by atoms with Crippen molar-refractivity contribution < 1.29 is 0 Å². The quantitative estimate of drug-likeness (QED) is 0.780. The molecule has 154 valence electrons. The molecule has 1 fully saturated rings. The maximum Gasteiger partial charge on any atom is 0.222 e. The van der Waals surface area contributed by atoms with Gasteiger partial charge in [-0.1, -0.05) is 44.7 Å². The van der Waals surface area contributed by atoms with Crippen LogP contribution in [0.15, 0.2) is 30.5 Å². The van der Waals surface area contributed by atoms with Gasteiger partial charge in [-0.15, -0.1) is 0 Å². The van der Waals surface area contributed by atoms with Crippen LogP contribution in [0, 0.1) is 17.3 Å². The van der Waals surface area contributed by atoms with E-state index in [0.29, 0.717) is 12.2 Å². The highest BCUT2D eigenvalue weighted by molar-refractivity contribution is 5.55. The Labute approximate surface area is 174 Å². The maximum atomic E-state index is 5.75. The summed E-state index contributed by atoms with van der Waals surface area (Å²) in [7, 11) is 2.18. The second-order valence-electron chi connectivity index (χ2n) is 8.84. The minimum absolute atomic E-state index is 0.135. The van der Waals surface area contributed by atoms with Gasteiger partial charge >= 0.3 is 0 Å². The maximum absolute atomic E-state index is 5.75. The van der Waals surface area contributed by atoms with Crippen molar-refractivity contribution in [1.82, 2.24) is 14.9 Å². The summed E-state index contributed by atoms with van der Waals surface area (Å²) in [6, 6.07) is 8.73. The van der Waals surface area contributed by atoms with E-state index >= 15 is 0 Å². The fourth-order valence-electron chi connectivity index (χ4n) is 3.10. The lowest BCUT2D eigenvalue weighted by Gasteiger charge is -2.34. The lowest BCUT2D eigenvalue weighted by molar-refractivity contribution is 0.313. The standard InChI is InChI=1S/C23H32N6/c1-23(2,3)17-26-21-19(16-25-22(24)27-21)7-5-6-18-8-10-20(11-9-18)29-14-12-28(4)13-15-29/h8-11,16H,6,12-15,17H2,1-4H3,(H3,24,25,26,27). The van der Waals surface area contributed by atoms with Crippen molar-refractivity contribution in [3.8, 4) is 11.8 Å². The predicted molar refractivity (Wildman–Crippen MR) is 121 cm³/mol. The van der Waals surface area contributed by atoms with E-state index in [9.17, 15) is 0 Å². The zero-order valence-electron chi connectivity index (χ0n) is 18.0. The van der Waals surface area contributed by atoms with Crippen LogP contribution in [0.3, 0.4) is 0 Å². The van der Waals surface area contributed by atoms with Crippen molar-refractivity contribution in [2.24, 2.45) is 5.41 Å².